The van der Waals surface area contributed by atoms with E-state index in [-0.39, 0.29) is 0 Å². The number of carbonyl (C=O) groups is 1. The molecule has 4 heteroatoms. The van der Waals surface area contributed by atoms with Gasteiger partial charge in [0.1, 0.15) is 11.4 Å². The van der Waals surface area contributed by atoms with Crippen molar-refractivity contribution in [2.75, 3.05) is 0 Å². The molecule has 0 aliphatic rings. The molecule has 0 bridgehead atoms. The fourth-order valence-electron chi connectivity index (χ4n) is 2.31. The first-order valence-electron chi connectivity index (χ1n) is 6.21. The number of rotatable bonds is 6. The molecule has 0 saturated heterocycles. The van der Waals surface area contributed by atoms with Crippen LogP contribution in [0.1, 0.15) is 45.9 Å². The number of carboxylic acid groups (broad SMARTS) is 1. The number of hydrogen-bond acceptors (Lipinski definition) is 2. The molecular formula is C13H22N2O2. The van der Waals surface area contributed by atoms with Crippen molar-refractivity contribution in [1.29, 1.82) is 0 Å². The van der Waals surface area contributed by atoms with E-state index >= 15 is 0 Å². The van der Waals surface area contributed by atoms with Gasteiger partial charge in [0.25, 0.3) is 0 Å². The van der Waals surface area contributed by atoms with Gasteiger partial charge in [-0.1, -0.05) is 27.2 Å². The summed E-state index contributed by atoms with van der Waals surface area (Å²) < 4.78 is 1.81. The summed E-state index contributed by atoms with van der Waals surface area (Å²) in [4.78, 5) is 15.9. The molecule has 17 heavy (non-hydrogen) atoms. The second kappa shape index (κ2) is 5.34. The molecule has 0 aromatic carbocycles. The molecule has 1 rings (SSSR count). The molecule has 0 spiro atoms. The van der Waals surface area contributed by atoms with Gasteiger partial charge in [0.15, 0.2) is 0 Å². The van der Waals surface area contributed by atoms with Crippen molar-refractivity contribution < 1.29 is 9.90 Å². The Bertz CT molecular complexity index is 387. The van der Waals surface area contributed by atoms with Crippen LogP contribution in [-0.4, -0.2) is 20.6 Å². The molecule has 0 saturated carbocycles. The zero-order valence-electron chi connectivity index (χ0n) is 11.1. The Morgan fingerprint density at radius 1 is 1.59 bits per heavy atom. The average molecular weight is 238 g/mol. The first-order valence-corrected chi connectivity index (χ1v) is 6.21. The minimum absolute atomic E-state index is 0.382. The highest BCUT2D eigenvalue weighted by atomic mass is 16.4. The third kappa shape index (κ3) is 2.51. The van der Waals surface area contributed by atoms with Crippen molar-refractivity contribution >= 4 is 5.97 Å². The van der Waals surface area contributed by atoms with E-state index in [1.54, 1.807) is 12.4 Å². The van der Waals surface area contributed by atoms with Crippen LogP contribution in [-0.2, 0) is 10.3 Å². The Labute approximate surface area is 103 Å². The smallest absolute Gasteiger partial charge is 0.329 e. The summed E-state index contributed by atoms with van der Waals surface area (Å²) in [5.41, 5.74) is -0.851. The fourth-order valence-corrected chi connectivity index (χ4v) is 2.31. The zero-order chi connectivity index (χ0) is 13.1. The highest BCUT2D eigenvalue weighted by Crippen LogP contribution is 2.31. The Morgan fingerprint density at radius 2 is 2.24 bits per heavy atom. The number of imidazole rings is 1. The zero-order valence-corrected chi connectivity index (χ0v) is 11.1. The van der Waals surface area contributed by atoms with E-state index in [0.29, 0.717) is 18.8 Å². The van der Waals surface area contributed by atoms with Crippen LogP contribution in [0.25, 0.3) is 0 Å². The van der Waals surface area contributed by atoms with Gasteiger partial charge in [0.2, 0.25) is 0 Å². The van der Waals surface area contributed by atoms with Gasteiger partial charge in [0.05, 0.1) is 0 Å². The highest BCUT2D eigenvalue weighted by molar-refractivity contribution is 5.76. The van der Waals surface area contributed by atoms with Gasteiger partial charge in [-0.25, -0.2) is 9.78 Å². The number of aliphatic carboxylic acids is 1. The monoisotopic (exact) mass is 238 g/mol. The van der Waals surface area contributed by atoms with Gasteiger partial charge in [-0.15, -0.1) is 0 Å². The quantitative estimate of drug-likeness (QED) is 0.829. The summed E-state index contributed by atoms with van der Waals surface area (Å²) in [5.74, 6) is 0.381. The Balaban J connectivity index is 3.18. The van der Waals surface area contributed by atoms with Gasteiger partial charge in [-0.05, 0) is 25.7 Å². The maximum absolute atomic E-state index is 11.7. The molecule has 1 aromatic heterocycles. The molecule has 0 aliphatic heterocycles. The number of aromatic nitrogens is 2. The fraction of sp³-hybridized carbons (Fsp3) is 0.692. The number of nitrogens with zero attached hydrogens (tertiary/aromatic N) is 2. The lowest BCUT2D eigenvalue weighted by Crippen LogP contribution is -2.43. The van der Waals surface area contributed by atoms with Crippen LogP contribution in [0.2, 0.25) is 0 Å². The van der Waals surface area contributed by atoms with Crippen molar-refractivity contribution in [3.63, 3.8) is 0 Å². The summed E-state index contributed by atoms with van der Waals surface area (Å²) in [6.07, 6.45) is 5.65. The van der Waals surface area contributed by atoms with E-state index in [2.05, 4.69) is 18.8 Å². The molecule has 0 aliphatic carbocycles. The minimum Gasteiger partial charge on any atom is -0.479 e. The van der Waals surface area contributed by atoms with E-state index in [0.717, 1.165) is 12.2 Å². The summed E-state index contributed by atoms with van der Waals surface area (Å²) >= 11 is 0. The third-order valence-electron chi connectivity index (χ3n) is 3.65. The topological polar surface area (TPSA) is 55.1 Å². The SMILES string of the molecule is CCC(C)CC(CC)(C(=O)O)n1ccnc1C. The highest BCUT2D eigenvalue weighted by Gasteiger charge is 2.40. The Morgan fingerprint density at radius 3 is 2.59 bits per heavy atom. The van der Waals surface area contributed by atoms with Crippen molar-refractivity contribution in [3.05, 3.63) is 18.2 Å². The van der Waals surface area contributed by atoms with Crippen molar-refractivity contribution in [3.8, 4) is 0 Å². The Hall–Kier alpha value is -1.32. The largest absolute Gasteiger partial charge is 0.479 e. The van der Waals surface area contributed by atoms with Gasteiger partial charge in [0, 0.05) is 12.4 Å². The predicted molar refractivity (Wildman–Crippen MR) is 66.9 cm³/mol. The van der Waals surface area contributed by atoms with Crippen LogP contribution in [0.3, 0.4) is 0 Å². The van der Waals surface area contributed by atoms with Crippen LogP contribution in [0, 0.1) is 12.8 Å². The lowest BCUT2D eigenvalue weighted by atomic mass is 9.84. The summed E-state index contributed by atoms with van der Waals surface area (Å²) in [6.45, 7) is 7.97. The van der Waals surface area contributed by atoms with Gasteiger partial charge in [-0.3, -0.25) is 0 Å². The molecule has 0 radical (unpaired) electrons. The van der Waals surface area contributed by atoms with Crippen LogP contribution in [0.15, 0.2) is 12.4 Å². The maximum atomic E-state index is 11.7. The van der Waals surface area contributed by atoms with Crippen LogP contribution in [0.4, 0.5) is 0 Å². The number of carboxylic acids is 1. The lowest BCUT2D eigenvalue weighted by Gasteiger charge is -2.33. The van der Waals surface area contributed by atoms with Crippen LogP contribution >= 0.6 is 0 Å². The second-order valence-electron chi connectivity index (χ2n) is 4.75. The van der Waals surface area contributed by atoms with Crippen molar-refractivity contribution in [2.45, 2.75) is 52.5 Å². The number of hydrogen-bond donors (Lipinski definition) is 1. The van der Waals surface area contributed by atoms with Crippen molar-refractivity contribution in [2.24, 2.45) is 5.92 Å². The van der Waals surface area contributed by atoms with E-state index < -0.39 is 11.5 Å². The molecule has 2 atom stereocenters. The predicted octanol–water partition coefficient (Wildman–Crippen LogP) is 2.82. The normalized spacial score (nSPS) is 16.5. The summed E-state index contributed by atoms with van der Waals surface area (Å²) in [5, 5.41) is 9.62. The summed E-state index contributed by atoms with van der Waals surface area (Å²) in [7, 11) is 0. The molecule has 2 unspecified atom stereocenters. The lowest BCUT2D eigenvalue weighted by molar-refractivity contribution is -0.149. The van der Waals surface area contributed by atoms with Crippen molar-refractivity contribution in [1.82, 2.24) is 9.55 Å². The van der Waals surface area contributed by atoms with Gasteiger partial charge < -0.3 is 9.67 Å². The van der Waals surface area contributed by atoms with E-state index in [1.807, 2.05) is 18.4 Å². The van der Waals surface area contributed by atoms with Crippen LogP contribution in [0.5, 0.6) is 0 Å². The molecule has 1 heterocycles. The van der Waals surface area contributed by atoms with Gasteiger partial charge >= 0.3 is 5.97 Å². The van der Waals surface area contributed by atoms with Crippen LogP contribution < -0.4 is 0 Å². The molecule has 0 fully saturated rings. The minimum atomic E-state index is -0.851. The van der Waals surface area contributed by atoms with E-state index in [1.165, 1.54) is 0 Å². The Kier molecular flexibility index (Phi) is 4.32. The number of aryl methyl sites for hydroxylation is 1. The molecule has 4 nitrogen and oxygen atoms in total. The molecule has 0 amide bonds. The second-order valence-corrected chi connectivity index (χ2v) is 4.75. The standard InChI is InChI=1S/C13H22N2O2/c1-5-10(3)9-13(6-2,12(16)17)15-8-7-14-11(15)4/h7-8,10H,5-6,9H2,1-4H3,(H,16,17). The molecule has 1 N–H and O–H groups in total. The maximum Gasteiger partial charge on any atom is 0.329 e. The molecule has 1 aromatic rings. The first kappa shape index (κ1) is 13.7. The van der Waals surface area contributed by atoms with E-state index in [9.17, 15) is 9.90 Å². The first-order chi connectivity index (χ1) is 7.97. The van der Waals surface area contributed by atoms with E-state index in [4.69, 9.17) is 0 Å². The molecular weight excluding hydrogens is 216 g/mol. The summed E-state index contributed by atoms with van der Waals surface area (Å²) in [6, 6.07) is 0. The third-order valence-corrected chi connectivity index (χ3v) is 3.65. The molecule has 96 valence electrons. The average Bonchev–Trinajstić information content (AvgIpc) is 2.72. The van der Waals surface area contributed by atoms with Gasteiger partial charge in [-0.2, -0.15) is 0 Å².